The van der Waals surface area contributed by atoms with Crippen LogP contribution in [-0.2, 0) is 6.42 Å². The topological polar surface area (TPSA) is 41.1 Å². The molecule has 0 aliphatic carbocycles. The quantitative estimate of drug-likeness (QED) is 0.920. The zero-order valence-electron chi connectivity index (χ0n) is 10.9. The molecule has 0 spiro atoms. The Bertz CT molecular complexity index is 505. The Morgan fingerprint density at radius 1 is 1.32 bits per heavy atom. The van der Waals surface area contributed by atoms with Crippen LogP contribution in [0.15, 0.2) is 29.9 Å². The summed E-state index contributed by atoms with van der Waals surface area (Å²) in [5.74, 6) is 0. The number of thiazole rings is 1. The SMILES string of the molecule is c1cncc(-c2nc(CCN3CCNCC3)cs2)c1. The van der Waals surface area contributed by atoms with Gasteiger partial charge in [-0.25, -0.2) is 4.98 Å². The van der Waals surface area contributed by atoms with Crippen molar-refractivity contribution >= 4 is 11.3 Å². The molecule has 0 saturated carbocycles. The maximum absolute atomic E-state index is 4.70. The average Bonchev–Trinajstić information content (AvgIpc) is 2.96. The molecule has 3 rings (SSSR count). The molecular formula is C14H18N4S. The van der Waals surface area contributed by atoms with Crippen molar-refractivity contribution < 1.29 is 0 Å². The fourth-order valence-electron chi connectivity index (χ4n) is 2.25. The van der Waals surface area contributed by atoms with Crippen molar-refractivity contribution in [2.24, 2.45) is 0 Å². The smallest absolute Gasteiger partial charge is 0.125 e. The fraction of sp³-hybridized carbons (Fsp3) is 0.429. The van der Waals surface area contributed by atoms with Gasteiger partial charge in [0.05, 0.1) is 5.69 Å². The fourth-order valence-corrected chi connectivity index (χ4v) is 3.10. The molecular weight excluding hydrogens is 256 g/mol. The molecule has 100 valence electrons. The van der Waals surface area contributed by atoms with Gasteiger partial charge in [0.25, 0.3) is 0 Å². The lowest BCUT2D eigenvalue weighted by Gasteiger charge is -2.26. The third kappa shape index (κ3) is 3.37. The zero-order chi connectivity index (χ0) is 12.9. The first kappa shape index (κ1) is 12.7. The highest BCUT2D eigenvalue weighted by molar-refractivity contribution is 7.13. The van der Waals surface area contributed by atoms with E-state index in [2.05, 4.69) is 26.6 Å². The van der Waals surface area contributed by atoms with Crippen molar-refractivity contribution in [3.8, 4) is 10.6 Å². The zero-order valence-corrected chi connectivity index (χ0v) is 11.7. The van der Waals surface area contributed by atoms with Crippen LogP contribution in [0.4, 0.5) is 0 Å². The van der Waals surface area contributed by atoms with Crippen molar-refractivity contribution in [1.82, 2.24) is 20.2 Å². The highest BCUT2D eigenvalue weighted by Crippen LogP contribution is 2.22. The van der Waals surface area contributed by atoms with Gasteiger partial charge in [-0.3, -0.25) is 4.98 Å². The summed E-state index contributed by atoms with van der Waals surface area (Å²) in [4.78, 5) is 11.3. The standard InChI is InChI=1S/C14H18N4S/c1-2-12(10-16-4-1)14-17-13(11-19-14)3-7-18-8-5-15-6-9-18/h1-2,4,10-11,15H,3,5-9H2. The van der Waals surface area contributed by atoms with Crippen LogP contribution in [0.25, 0.3) is 10.6 Å². The molecule has 0 aromatic carbocycles. The summed E-state index contributed by atoms with van der Waals surface area (Å²) in [7, 11) is 0. The second-order valence-electron chi connectivity index (χ2n) is 4.73. The van der Waals surface area contributed by atoms with Gasteiger partial charge in [0, 0.05) is 62.5 Å². The Morgan fingerprint density at radius 3 is 3.00 bits per heavy atom. The van der Waals surface area contributed by atoms with Gasteiger partial charge in [-0.15, -0.1) is 11.3 Å². The second-order valence-corrected chi connectivity index (χ2v) is 5.59. The lowest BCUT2D eigenvalue weighted by molar-refractivity contribution is 0.243. The second kappa shape index (κ2) is 6.23. The number of hydrogen-bond acceptors (Lipinski definition) is 5. The Balaban J connectivity index is 1.59. The highest BCUT2D eigenvalue weighted by Gasteiger charge is 2.10. The van der Waals surface area contributed by atoms with E-state index < -0.39 is 0 Å². The van der Waals surface area contributed by atoms with Crippen LogP contribution in [0.3, 0.4) is 0 Å². The summed E-state index contributed by atoms with van der Waals surface area (Å²) in [5.41, 5.74) is 2.31. The van der Waals surface area contributed by atoms with E-state index >= 15 is 0 Å². The molecule has 0 radical (unpaired) electrons. The Hall–Kier alpha value is -1.30. The van der Waals surface area contributed by atoms with E-state index in [9.17, 15) is 0 Å². The minimum atomic E-state index is 1.04. The van der Waals surface area contributed by atoms with Gasteiger partial charge in [0.2, 0.25) is 0 Å². The van der Waals surface area contributed by atoms with Gasteiger partial charge in [-0.2, -0.15) is 0 Å². The molecule has 1 saturated heterocycles. The first-order chi connectivity index (χ1) is 9.42. The average molecular weight is 274 g/mol. The summed E-state index contributed by atoms with van der Waals surface area (Å²) in [6, 6.07) is 4.02. The summed E-state index contributed by atoms with van der Waals surface area (Å²) >= 11 is 1.71. The van der Waals surface area contributed by atoms with Crippen LogP contribution in [-0.4, -0.2) is 47.6 Å². The number of aromatic nitrogens is 2. The Kier molecular flexibility index (Phi) is 4.17. The van der Waals surface area contributed by atoms with Gasteiger partial charge in [-0.05, 0) is 12.1 Å². The van der Waals surface area contributed by atoms with Crippen LogP contribution in [0.1, 0.15) is 5.69 Å². The molecule has 0 amide bonds. The molecule has 0 bridgehead atoms. The molecule has 5 heteroatoms. The van der Waals surface area contributed by atoms with Crippen molar-refractivity contribution in [1.29, 1.82) is 0 Å². The lowest BCUT2D eigenvalue weighted by Crippen LogP contribution is -2.44. The van der Waals surface area contributed by atoms with Crippen LogP contribution in [0, 0.1) is 0 Å². The van der Waals surface area contributed by atoms with Gasteiger partial charge in [-0.1, -0.05) is 0 Å². The van der Waals surface area contributed by atoms with Crippen molar-refractivity contribution in [2.45, 2.75) is 6.42 Å². The number of nitrogens with one attached hydrogen (secondary N) is 1. The van der Waals surface area contributed by atoms with Gasteiger partial charge in [0.15, 0.2) is 0 Å². The molecule has 1 N–H and O–H groups in total. The molecule has 1 aliphatic rings. The predicted octanol–water partition coefficient (Wildman–Crippen LogP) is 1.65. The van der Waals surface area contributed by atoms with Crippen molar-refractivity contribution in [3.05, 3.63) is 35.6 Å². The number of nitrogens with zero attached hydrogens (tertiary/aromatic N) is 3. The van der Waals surface area contributed by atoms with E-state index in [1.165, 1.54) is 5.69 Å². The number of hydrogen-bond donors (Lipinski definition) is 1. The number of pyridine rings is 1. The molecule has 4 nitrogen and oxygen atoms in total. The van der Waals surface area contributed by atoms with E-state index in [1.807, 2.05) is 12.3 Å². The van der Waals surface area contributed by atoms with Gasteiger partial charge >= 0.3 is 0 Å². The summed E-state index contributed by atoms with van der Waals surface area (Å²) in [5, 5.41) is 6.62. The van der Waals surface area contributed by atoms with E-state index in [1.54, 1.807) is 17.5 Å². The molecule has 0 unspecified atom stereocenters. The first-order valence-electron chi connectivity index (χ1n) is 6.70. The number of rotatable bonds is 4. The minimum Gasteiger partial charge on any atom is -0.314 e. The molecule has 2 aromatic rings. The van der Waals surface area contributed by atoms with E-state index in [-0.39, 0.29) is 0 Å². The molecule has 3 heterocycles. The summed E-state index contributed by atoms with van der Waals surface area (Å²) < 4.78 is 0. The van der Waals surface area contributed by atoms with E-state index in [0.717, 1.165) is 49.7 Å². The molecule has 0 atom stereocenters. The Labute approximate surface area is 117 Å². The molecule has 19 heavy (non-hydrogen) atoms. The maximum atomic E-state index is 4.70. The van der Waals surface area contributed by atoms with E-state index in [0.29, 0.717) is 0 Å². The lowest BCUT2D eigenvalue weighted by atomic mass is 10.2. The summed E-state index contributed by atoms with van der Waals surface area (Å²) in [6.45, 7) is 5.63. The molecule has 1 fully saturated rings. The van der Waals surface area contributed by atoms with Crippen LogP contribution in [0.5, 0.6) is 0 Å². The Morgan fingerprint density at radius 2 is 2.21 bits per heavy atom. The molecule has 1 aliphatic heterocycles. The van der Waals surface area contributed by atoms with E-state index in [4.69, 9.17) is 4.98 Å². The predicted molar refractivity (Wildman–Crippen MR) is 78.4 cm³/mol. The van der Waals surface area contributed by atoms with Crippen LogP contribution in [0.2, 0.25) is 0 Å². The van der Waals surface area contributed by atoms with Gasteiger partial charge in [0.1, 0.15) is 5.01 Å². The normalized spacial score (nSPS) is 16.6. The van der Waals surface area contributed by atoms with Gasteiger partial charge < -0.3 is 10.2 Å². The third-order valence-electron chi connectivity index (χ3n) is 3.35. The maximum Gasteiger partial charge on any atom is 0.125 e. The van der Waals surface area contributed by atoms with Crippen LogP contribution < -0.4 is 5.32 Å². The monoisotopic (exact) mass is 274 g/mol. The van der Waals surface area contributed by atoms with Crippen molar-refractivity contribution in [2.75, 3.05) is 32.7 Å². The number of piperazine rings is 1. The third-order valence-corrected chi connectivity index (χ3v) is 4.29. The van der Waals surface area contributed by atoms with Crippen molar-refractivity contribution in [3.63, 3.8) is 0 Å². The van der Waals surface area contributed by atoms with Crippen LogP contribution >= 0.6 is 11.3 Å². The highest BCUT2D eigenvalue weighted by atomic mass is 32.1. The summed E-state index contributed by atoms with van der Waals surface area (Å²) in [6.07, 6.45) is 4.71. The molecule has 2 aromatic heterocycles. The minimum absolute atomic E-state index is 1.04. The first-order valence-corrected chi connectivity index (χ1v) is 7.58. The largest absolute Gasteiger partial charge is 0.314 e.